The van der Waals surface area contributed by atoms with Crippen molar-refractivity contribution in [1.82, 2.24) is 4.31 Å². The molecule has 1 aromatic rings. The highest BCUT2D eigenvalue weighted by molar-refractivity contribution is 7.92. The zero-order chi connectivity index (χ0) is 18.5. The molecule has 2 atom stereocenters. The summed E-state index contributed by atoms with van der Waals surface area (Å²) in [7, 11) is -10.7. The Morgan fingerprint density at radius 1 is 0.880 bits per heavy atom. The fourth-order valence-corrected chi connectivity index (χ4v) is 8.98. The van der Waals surface area contributed by atoms with Crippen LogP contribution in [-0.4, -0.2) is 64.7 Å². The predicted molar refractivity (Wildman–Crippen MR) is 94.6 cm³/mol. The summed E-state index contributed by atoms with van der Waals surface area (Å²) in [4.78, 5) is -0.0227. The molecule has 2 aliphatic heterocycles. The lowest BCUT2D eigenvalue weighted by Gasteiger charge is -2.32. The standard InChI is InChI=1S/C14H18ClNO6S3/c15-11-1-3-14(4-2-11)25(21,22)16(12-5-7-23(17,18)9-12)13-6-8-24(19,20)10-13/h1-4,12-13H,5-10H2/t12-,13+. The van der Waals surface area contributed by atoms with Crippen molar-refractivity contribution < 1.29 is 25.3 Å². The van der Waals surface area contributed by atoms with E-state index in [1.54, 1.807) is 0 Å². The lowest BCUT2D eigenvalue weighted by molar-refractivity contribution is 0.280. The van der Waals surface area contributed by atoms with Crippen LogP contribution < -0.4 is 0 Å². The molecule has 0 unspecified atom stereocenters. The second-order valence-corrected chi connectivity index (χ2v) is 13.1. The molecule has 0 spiro atoms. The van der Waals surface area contributed by atoms with Crippen LogP contribution in [0.15, 0.2) is 29.2 Å². The van der Waals surface area contributed by atoms with E-state index < -0.39 is 41.8 Å². The normalized spacial score (nSPS) is 28.4. The maximum Gasteiger partial charge on any atom is 0.243 e. The second kappa shape index (κ2) is 6.49. The Hall–Kier alpha value is -0.680. The minimum absolute atomic E-state index is 0.0227. The zero-order valence-corrected chi connectivity index (χ0v) is 16.4. The fraction of sp³-hybridized carbons (Fsp3) is 0.571. The van der Waals surface area contributed by atoms with Crippen molar-refractivity contribution >= 4 is 41.3 Å². The molecule has 2 fully saturated rings. The highest BCUT2D eigenvalue weighted by atomic mass is 35.5. The van der Waals surface area contributed by atoms with Gasteiger partial charge in [-0.2, -0.15) is 4.31 Å². The van der Waals surface area contributed by atoms with Gasteiger partial charge in [-0.15, -0.1) is 0 Å². The average molecular weight is 428 g/mol. The molecular weight excluding hydrogens is 410 g/mol. The van der Waals surface area contributed by atoms with Gasteiger partial charge in [-0.05, 0) is 37.1 Å². The lowest BCUT2D eigenvalue weighted by atomic mass is 10.2. The molecule has 2 heterocycles. The molecule has 0 saturated carbocycles. The number of hydrogen-bond acceptors (Lipinski definition) is 6. The van der Waals surface area contributed by atoms with Crippen LogP contribution in [0.25, 0.3) is 0 Å². The Bertz CT molecular complexity index is 926. The molecule has 0 bridgehead atoms. The summed E-state index contributed by atoms with van der Waals surface area (Å²) in [6, 6.07) is 4.06. The van der Waals surface area contributed by atoms with E-state index in [9.17, 15) is 25.3 Å². The molecule has 0 radical (unpaired) electrons. The Morgan fingerprint density at radius 2 is 1.32 bits per heavy atom. The topological polar surface area (TPSA) is 106 Å². The maximum absolute atomic E-state index is 13.1. The third kappa shape index (κ3) is 4.02. The Kier molecular flexibility index (Phi) is 4.95. The van der Waals surface area contributed by atoms with Gasteiger partial charge in [0.05, 0.1) is 27.9 Å². The number of rotatable bonds is 4. The largest absolute Gasteiger partial charge is 0.243 e. The first-order valence-electron chi connectivity index (χ1n) is 7.70. The van der Waals surface area contributed by atoms with Crippen molar-refractivity contribution in [1.29, 1.82) is 0 Å². The van der Waals surface area contributed by atoms with E-state index in [4.69, 9.17) is 11.6 Å². The van der Waals surface area contributed by atoms with Gasteiger partial charge in [-0.25, -0.2) is 25.3 Å². The van der Waals surface area contributed by atoms with Gasteiger partial charge in [0, 0.05) is 17.1 Å². The van der Waals surface area contributed by atoms with E-state index in [0.29, 0.717) is 5.02 Å². The summed E-state index contributed by atoms with van der Waals surface area (Å²) < 4.78 is 74.7. The van der Waals surface area contributed by atoms with Gasteiger partial charge in [0.2, 0.25) is 10.0 Å². The molecule has 1 aromatic carbocycles. The van der Waals surface area contributed by atoms with Gasteiger partial charge < -0.3 is 0 Å². The van der Waals surface area contributed by atoms with Crippen molar-refractivity contribution in [3.8, 4) is 0 Å². The van der Waals surface area contributed by atoms with Gasteiger partial charge >= 0.3 is 0 Å². The quantitative estimate of drug-likeness (QED) is 0.700. The molecule has 2 saturated heterocycles. The molecule has 140 valence electrons. The first-order valence-corrected chi connectivity index (χ1v) is 13.2. The summed E-state index contributed by atoms with van der Waals surface area (Å²) in [6.45, 7) is 0. The minimum atomic E-state index is -4.04. The van der Waals surface area contributed by atoms with Crippen LogP contribution >= 0.6 is 11.6 Å². The number of sulfonamides is 1. The van der Waals surface area contributed by atoms with Crippen molar-refractivity contribution in [2.75, 3.05) is 23.0 Å². The Morgan fingerprint density at radius 3 is 1.68 bits per heavy atom. The summed E-state index contributed by atoms with van der Waals surface area (Å²) in [5.41, 5.74) is 0. The smallest absolute Gasteiger partial charge is 0.229 e. The first-order chi connectivity index (χ1) is 11.5. The SMILES string of the molecule is O=S1(=O)CC[C@@H](N([C@H]2CCS(=O)(=O)C2)S(=O)(=O)c2ccc(Cl)cc2)C1. The molecule has 11 heteroatoms. The van der Waals surface area contributed by atoms with Crippen molar-refractivity contribution in [3.05, 3.63) is 29.3 Å². The van der Waals surface area contributed by atoms with Gasteiger partial charge in [-0.3, -0.25) is 0 Å². The highest BCUT2D eigenvalue weighted by Gasteiger charge is 2.45. The third-order valence-corrected chi connectivity index (χ3v) is 10.3. The van der Waals surface area contributed by atoms with Crippen molar-refractivity contribution in [2.45, 2.75) is 29.8 Å². The number of halogens is 1. The van der Waals surface area contributed by atoms with Gasteiger partial charge in [0.1, 0.15) is 0 Å². The van der Waals surface area contributed by atoms with E-state index in [0.717, 1.165) is 4.31 Å². The van der Waals surface area contributed by atoms with Crippen LogP contribution in [0.4, 0.5) is 0 Å². The number of hydrogen-bond donors (Lipinski definition) is 0. The second-order valence-electron chi connectivity index (χ2n) is 6.40. The molecular formula is C14H18ClNO6S3. The van der Waals surface area contributed by atoms with Crippen molar-refractivity contribution in [3.63, 3.8) is 0 Å². The number of benzene rings is 1. The van der Waals surface area contributed by atoms with Crippen LogP contribution in [0.1, 0.15) is 12.8 Å². The average Bonchev–Trinajstić information content (AvgIpc) is 3.02. The molecule has 0 amide bonds. The van der Waals surface area contributed by atoms with Crippen LogP contribution in [0.3, 0.4) is 0 Å². The van der Waals surface area contributed by atoms with E-state index in [2.05, 4.69) is 0 Å². The predicted octanol–water partition coefficient (Wildman–Crippen LogP) is 0.705. The summed E-state index contributed by atoms with van der Waals surface area (Å²) in [5.74, 6) is -0.750. The van der Waals surface area contributed by atoms with Crippen LogP contribution in [-0.2, 0) is 29.7 Å². The lowest BCUT2D eigenvalue weighted by Crippen LogP contribution is -2.48. The van der Waals surface area contributed by atoms with E-state index >= 15 is 0 Å². The maximum atomic E-state index is 13.1. The van der Waals surface area contributed by atoms with Crippen molar-refractivity contribution in [2.24, 2.45) is 0 Å². The summed E-state index contributed by atoms with van der Waals surface area (Å²) in [6.07, 6.45) is 0.345. The number of nitrogens with zero attached hydrogens (tertiary/aromatic N) is 1. The molecule has 0 N–H and O–H groups in total. The van der Waals surface area contributed by atoms with Crippen LogP contribution in [0.5, 0.6) is 0 Å². The third-order valence-electron chi connectivity index (χ3n) is 4.53. The molecule has 25 heavy (non-hydrogen) atoms. The van der Waals surface area contributed by atoms with Gasteiger partial charge in [0.15, 0.2) is 19.7 Å². The zero-order valence-electron chi connectivity index (χ0n) is 13.2. The van der Waals surface area contributed by atoms with E-state index in [1.807, 2.05) is 0 Å². The monoisotopic (exact) mass is 427 g/mol. The number of sulfone groups is 2. The van der Waals surface area contributed by atoms with E-state index in [1.165, 1.54) is 24.3 Å². The van der Waals surface area contributed by atoms with Gasteiger partial charge in [0.25, 0.3) is 0 Å². The van der Waals surface area contributed by atoms with Crippen LogP contribution in [0, 0.1) is 0 Å². The fourth-order valence-electron chi connectivity index (χ4n) is 3.37. The van der Waals surface area contributed by atoms with Gasteiger partial charge in [-0.1, -0.05) is 11.6 Å². The molecule has 3 rings (SSSR count). The Labute approximate surface area is 152 Å². The highest BCUT2D eigenvalue weighted by Crippen LogP contribution is 2.31. The molecule has 7 nitrogen and oxygen atoms in total. The summed E-state index contributed by atoms with van der Waals surface area (Å²) in [5, 5.41) is 0.373. The Balaban J connectivity index is 2.03. The van der Waals surface area contributed by atoms with Crippen LogP contribution in [0.2, 0.25) is 5.02 Å². The first kappa shape index (κ1) is 19.1. The van der Waals surface area contributed by atoms with E-state index in [-0.39, 0.29) is 40.7 Å². The molecule has 0 aliphatic carbocycles. The molecule has 2 aliphatic rings. The molecule has 0 aromatic heterocycles. The summed E-state index contributed by atoms with van der Waals surface area (Å²) >= 11 is 5.80. The minimum Gasteiger partial charge on any atom is -0.229 e.